The van der Waals surface area contributed by atoms with Crippen LogP contribution in [0.15, 0.2) is 15.3 Å². The standard InChI is InChI=1S/C9H7FN4O4S2/c1-20(17,18)9-12-7-6(19-9)4-2-11-13(3-15)8(16)5(4)14(7)10/h2,15H,3H2,1H3. The van der Waals surface area contributed by atoms with Gasteiger partial charge < -0.3 is 5.11 Å². The van der Waals surface area contributed by atoms with E-state index in [4.69, 9.17) is 5.11 Å². The average molecular weight is 318 g/mol. The van der Waals surface area contributed by atoms with Gasteiger partial charge in [0.1, 0.15) is 6.73 Å². The molecule has 0 unspecified atom stereocenters. The third-order valence-electron chi connectivity index (χ3n) is 2.69. The van der Waals surface area contributed by atoms with Crippen LogP contribution in [0.4, 0.5) is 4.48 Å². The monoisotopic (exact) mass is 318 g/mol. The molecule has 3 heterocycles. The third kappa shape index (κ3) is 1.67. The Bertz CT molecular complexity index is 1000. The van der Waals surface area contributed by atoms with Crippen molar-refractivity contribution in [3.63, 3.8) is 0 Å². The molecule has 8 nitrogen and oxygen atoms in total. The van der Waals surface area contributed by atoms with Crippen molar-refractivity contribution >= 4 is 42.4 Å². The van der Waals surface area contributed by atoms with E-state index in [9.17, 15) is 17.7 Å². The molecule has 0 atom stereocenters. The number of hydrogen-bond acceptors (Lipinski definition) is 7. The molecule has 1 N–H and O–H groups in total. The number of nitrogens with zero attached hydrogens (tertiary/aromatic N) is 4. The topological polar surface area (TPSA) is 107 Å². The van der Waals surface area contributed by atoms with Gasteiger partial charge in [-0.3, -0.25) is 4.79 Å². The van der Waals surface area contributed by atoms with Crippen molar-refractivity contribution in [2.24, 2.45) is 0 Å². The quantitative estimate of drug-likeness (QED) is 0.706. The molecule has 0 radical (unpaired) electrons. The van der Waals surface area contributed by atoms with Crippen LogP contribution in [0.1, 0.15) is 0 Å². The van der Waals surface area contributed by atoms with Crippen LogP contribution in [-0.2, 0) is 16.6 Å². The summed E-state index contributed by atoms with van der Waals surface area (Å²) in [5, 5.41) is 12.7. The summed E-state index contributed by atoms with van der Waals surface area (Å²) in [7, 11) is -3.56. The summed E-state index contributed by atoms with van der Waals surface area (Å²) in [6, 6.07) is 0. The largest absolute Gasteiger partial charge is 0.374 e. The van der Waals surface area contributed by atoms with Gasteiger partial charge >= 0.3 is 0 Å². The van der Waals surface area contributed by atoms with E-state index in [1.165, 1.54) is 6.20 Å². The molecule has 0 aliphatic rings. The summed E-state index contributed by atoms with van der Waals surface area (Å²) in [6.07, 6.45) is 2.15. The van der Waals surface area contributed by atoms with E-state index >= 15 is 0 Å². The summed E-state index contributed by atoms with van der Waals surface area (Å²) >= 11 is 0.766. The number of halogens is 1. The van der Waals surface area contributed by atoms with Crippen LogP contribution in [0.25, 0.3) is 21.3 Å². The van der Waals surface area contributed by atoms with E-state index < -0.39 is 22.1 Å². The summed E-state index contributed by atoms with van der Waals surface area (Å²) < 4.78 is 37.6. The van der Waals surface area contributed by atoms with Crippen LogP contribution in [0.5, 0.6) is 0 Å². The summed E-state index contributed by atoms with van der Waals surface area (Å²) in [4.78, 5) is 15.6. The Morgan fingerprint density at radius 2 is 2.20 bits per heavy atom. The van der Waals surface area contributed by atoms with Gasteiger partial charge in [0, 0.05) is 11.6 Å². The Hall–Kier alpha value is -1.85. The zero-order valence-corrected chi connectivity index (χ0v) is 11.6. The fourth-order valence-electron chi connectivity index (χ4n) is 1.80. The van der Waals surface area contributed by atoms with E-state index in [2.05, 4.69) is 10.1 Å². The van der Waals surface area contributed by atoms with Gasteiger partial charge in [0.25, 0.3) is 5.56 Å². The van der Waals surface area contributed by atoms with Gasteiger partial charge in [-0.2, -0.15) is 9.89 Å². The summed E-state index contributed by atoms with van der Waals surface area (Å²) in [5.74, 6) is 0. The Morgan fingerprint density at radius 3 is 2.80 bits per heavy atom. The van der Waals surface area contributed by atoms with Gasteiger partial charge in [-0.05, 0) is 0 Å². The van der Waals surface area contributed by atoms with Crippen molar-refractivity contribution in [1.82, 2.24) is 19.6 Å². The maximum atomic E-state index is 14.1. The predicted molar refractivity (Wildman–Crippen MR) is 69.0 cm³/mol. The smallest absolute Gasteiger partial charge is 0.296 e. The Kier molecular flexibility index (Phi) is 2.68. The molecular formula is C9H7FN4O4S2. The molecule has 0 fully saturated rings. The van der Waals surface area contributed by atoms with Crippen LogP contribution in [0.2, 0.25) is 0 Å². The first-order valence-electron chi connectivity index (χ1n) is 5.22. The van der Waals surface area contributed by atoms with Crippen LogP contribution in [0, 0.1) is 0 Å². The normalized spacial score (nSPS) is 12.6. The minimum absolute atomic E-state index is 0.0199. The summed E-state index contributed by atoms with van der Waals surface area (Å²) in [6.45, 7) is -0.685. The van der Waals surface area contributed by atoms with E-state index in [-0.39, 0.29) is 30.4 Å². The number of thiazole rings is 1. The first-order valence-corrected chi connectivity index (χ1v) is 7.93. The minimum Gasteiger partial charge on any atom is -0.374 e. The van der Waals surface area contributed by atoms with E-state index in [1.807, 2.05) is 0 Å². The SMILES string of the molecule is CS(=O)(=O)c1nc2c(s1)c1cnn(CO)c(=O)c1n2F. The number of rotatable bonds is 2. The molecule has 3 rings (SSSR count). The van der Waals surface area contributed by atoms with Crippen LogP contribution in [0.3, 0.4) is 0 Å². The molecule has 0 saturated carbocycles. The lowest BCUT2D eigenvalue weighted by Crippen LogP contribution is -2.23. The fourth-order valence-corrected chi connectivity index (χ4v) is 3.69. The highest BCUT2D eigenvalue weighted by Crippen LogP contribution is 2.33. The molecule has 0 bridgehead atoms. The number of hydrogen-bond donors (Lipinski definition) is 1. The second-order valence-corrected chi connectivity index (χ2v) is 7.23. The number of sulfone groups is 1. The predicted octanol–water partition coefficient (Wildman–Crippen LogP) is -0.106. The molecule has 11 heteroatoms. The van der Waals surface area contributed by atoms with Gasteiger partial charge in [0.15, 0.2) is 11.2 Å². The molecule has 0 aliphatic heterocycles. The fraction of sp³-hybridized carbons (Fsp3) is 0.222. The third-order valence-corrected chi connectivity index (χ3v) is 5.44. The Labute approximate surface area is 114 Å². The lowest BCUT2D eigenvalue weighted by molar-refractivity contribution is 0.189. The van der Waals surface area contributed by atoms with Gasteiger partial charge in [0.05, 0.1) is 10.9 Å². The first-order chi connectivity index (χ1) is 9.34. The molecule has 3 aromatic rings. The number of aliphatic hydroxyl groups is 1. The second kappa shape index (κ2) is 4.07. The zero-order chi connectivity index (χ0) is 14.7. The van der Waals surface area contributed by atoms with Crippen molar-refractivity contribution in [1.29, 1.82) is 0 Å². The van der Waals surface area contributed by atoms with Gasteiger partial charge in [0.2, 0.25) is 14.2 Å². The molecule has 3 aromatic heterocycles. The van der Waals surface area contributed by atoms with Crippen molar-refractivity contribution in [3.05, 3.63) is 16.6 Å². The number of fused-ring (bicyclic) bond motifs is 3. The van der Waals surface area contributed by atoms with Crippen molar-refractivity contribution in [2.45, 2.75) is 11.1 Å². The lowest BCUT2D eigenvalue weighted by atomic mass is 10.4. The maximum absolute atomic E-state index is 14.1. The molecule has 0 aliphatic carbocycles. The Balaban J connectivity index is 2.49. The maximum Gasteiger partial charge on any atom is 0.296 e. The molecule has 0 spiro atoms. The number of aliphatic hydroxyl groups excluding tert-OH is 1. The lowest BCUT2D eigenvalue weighted by Gasteiger charge is -1.99. The van der Waals surface area contributed by atoms with E-state index in [1.54, 1.807) is 0 Å². The molecule has 106 valence electrons. The molecular weight excluding hydrogens is 311 g/mol. The van der Waals surface area contributed by atoms with Crippen LogP contribution < -0.4 is 5.56 Å². The molecule has 0 amide bonds. The molecule has 0 aromatic carbocycles. The van der Waals surface area contributed by atoms with Gasteiger partial charge in [-0.1, -0.05) is 4.48 Å². The van der Waals surface area contributed by atoms with Crippen molar-refractivity contribution < 1.29 is 18.0 Å². The number of aromatic nitrogens is 4. The second-order valence-electron chi connectivity index (χ2n) is 4.04. The minimum atomic E-state index is -3.56. The Morgan fingerprint density at radius 1 is 1.50 bits per heavy atom. The highest BCUT2D eigenvalue weighted by molar-refractivity contribution is 7.92. The molecule has 20 heavy (non-hydrogen) atoms. The average Bonchev–Trinajstić information content (AvgIpc) is 2.90. The van der Waals surface area contributed by atoms with E-state index in [0.29, 0.717) is 4.68 Å². The van der Waals surface area contributed by atoms with Crippen LogP contribution in [-0.4, -0.2) is 39.3 Å². The van der Waals surface area contributed by atoms with Crippen molar-refractivity contribution in [3.8, 4) is 0 Å². The highest BCUT2D eigenvalue weighted by atomic mass is 32.2. The first kappa shape index (κ1) is 13.1. The molecule has 0 saturated heterocycles. The summed E-state index contributed by atoms with van der Waals surface area (Å²) in [5.41, 5.74) is -1.40. The van der Waals surface area contributed by atoms with Crippen LogP contribution >= 0.6 is 11.3 Å². The van der Waals surface area contributed by atoms with Crippen molar-refractivity contribution in [2.75, 3.05) is 6.26 Å². The van der Waals surface area contributed by atoms with E-state index in [0.717, 1.165) is 17.6 Å². The van der Waals surface area contributed by atoms with Gasteiger partial charge in [-0.25, -0.2) is 18.1 Å². The van der Waals surface area contributed by atoms with Gasteiger partial charge in [-0.15, -0.1) is 11.3 Å². The highest BCUT2D eigenvalue weighted by Gasteiger charge is 2.23. The zero-order valence-electron chi connectivity index (χ0n) is 9.94.